The molecule has 27 heavy (non-hydrogen) atoms. The van der Waals surface area contributed by atoms with Crippen molar-refractivity contribution in [1.29, 1.82) is 0 Å². The predicted octanol–water partition coefficient (Wildman–Crippen LogP) is 2.07. The summed E-state index contributed by atoms with van der Waals surface area (Å²) in [5.74, 6) is 0.239. The number of hydrogen-bond acceptors (Lipinski definition) is 4. The predicted molar refractivity (Wildman–Crippen MR) is 108 cm³/mol. The molecule has 0 radical (unpaired) electrons. The largest absolute Gasteiger partial charge is 0.355 e. The Morgan fingerprint density at radius 2 is 2.07 bits per heavy atom. The highest BCUT2D eigenvalue weighted by atomic mass is 16.2. The van der Waals surface area contributed by atoms with E-state index in [1.165, 1.54) is 0 Å². The summed E-state index contributed by atoms with van der Waals surface area (Å²) >= 11 is 0. The number of aromatic amines is 1. The zero-order valence-corrected chi connectivity index (χ0v) is 16.1. The number of H-pyrrole nitrogens is 1. The van der Waals surface area contributed by atoms with Crippen LogP contribution in [-0.2, 0) is 11.3 Å². The molecule has 7 heteroatoms. The minimum atomic E-state index is -0.488. The third-order valence-electron chi connectivity index (χ3n) is 4.78. The van der Waals surface area contributed by atoms with Crippen molar-refractivity contribution in [3.05, 3.63) is 40.3 Å². The lowest BCUT2D eigenvalue weighted by molar-refractivity contribution is -0.122. The number of hydrogen-bond donors (Lipinski definition) is 3. The maximum atomic E-state index is 13.0. The number of nitrogens with zero attached hydrogens (tertiary/aromatic N) is 2. The standard InChI is InChI=1S/C20H27N5O2/c1-12(2)11-15(21)19(26)22-9-6-10-25-16-8-5-4-7-14(16)18-17(20(25)27)13(3)23-24-18/h4-5,7-8,12,15H,6,9-11,21H2,1-3H3,(H,22,26)(H,23,24). The summed E-state index contributed by atoms with van der Waals surface area (Å²) in [6.07, 6.45) is 1.30. The molecule has 7 nitrogen and oxygen atoms in total. The minimum absolute atomic E-state index is 0.0576. The molecule has 144 valence electrons. The average molecular weight is 369 g/mol. The van der Waals surface area contributed by atoms with Crippen LogP contribution in [0.5, 0.6) is 0 Å². The van der Waals surface area contributed by atoms with Gasteiger partial charge in [-0.15, -0.1) is 0 Å². The van der Waals surface area contributed by atoms with Crippen molar-refractivity contribution in [3.63, 3.8) is 0 Å². The Morgan fingerprint density at radius 1 is 1.33 bits per heavy atom. The molecule has 0 saturated heterocycles. The molecule has 0 aliphatic heterocycles. The molecule has 3 aromatic rings. The molecule has 1 atom stereocenters. The highest BCUT2D eigenvalue weighted by Crippen LogP contribution is 2.22. The minimum Gasteiger partial charge on any atom is -0.355 e. The van der Waals surface area contributed by atoms with Crippen molar-refractivity contribution in [1.82, 2.24) is 20.1 Å². The number of fused-ring (bicyclic) bond motifs is 3. The number of nitrogens with two attached hydrogens (primary N) is 1. The second kappa shape index (κ2) is 7.92. The van der Waals surface area contributed by atoms with Crippen LogP contribution in [0.4, 0.5) is 0 Å². The maximum absolute atomic E-state index is 13.0. The van der Waals surface area contributed by atoms with Crippen LogP contribution in [0.3, 0.4) is 0 Å². The van der Waals surface area contributed by atoms with E-state index in [2.05, 4.69) is 15.5 Å². The summed E-state index contributed by atoms with van der Waals surface area (Å²) in [5, 5.41) is 11.7. The van der Waals surface area contributed by atoms with Gasteiger partial charge in [0.15, 0.2) is 0 Å². The zero-order chi connectivity index (χ0) is 19.6. The molecule has 0 aliphatic rings. The van der Waals surface area contributed by atoms with E-state index in [1.807, 2.05) is 45.0 Å². The van der Waals surface area contributed by atoms with Gasteiger partial charge in [-0.3, -0.25) is 14.7 Å². The van der Waals surface area contributed by atoms with Gasteiger partial charge in [-0.05, 0) is 31.7 Å². The number of amides is 1. The summed E-state index contributed by atoms with van der Waals surface area (Å²) in [5.41, 5.74) is 8.17. The van der Waals surface area contributed by atoms with Crippen LogP contribution in [0, 0.1) is 12.8 Å². The Morgan fingerprint density at radius 3 is 2.81 bits per heavy atom. The molecule has 2 aromatic heterocycles. The van der Waals surface area contributed by atoms with Crippen molar-refractivity contribution in [2.24, 2.45) is 11.7 Å². The van der Waals surface area contributed by atoms with Gasteiger partial charge in [0.1, 0.15) is 5.52 Å². The Kier molecular flexibility index (Phi) is 5.60. The van der Waals surface area contributed by atoms with Crippen LogP contribution in [0.15, 0.2) is 29.1 Å². The fraction of sp³-hybridized carbons (Fsp3) is 0.450. The molecule has 0 saturated carbocycles. The molecule has 0 bridgehead atoms. The van der Waals surface area contributed by atoms with E-state index in [4.69, 9.17) is 5.73 Å². The van der Waals surface area contributed by atoms with Gasteiger partial charge < -0.3 is 15.6 Å². The molecule has 2 heterocycles. The number of rotatable bonds is 7. The van der Waals surface area contributed by atoms with E-state index in [-0.39, 0.29) is 11.5 Å². The first-order valence-electron chi connectivity index (χ1n) is 9.39. The van der Waals surface area contributed by atoms with Crippen LogP contribution in [0.2, 0.25) is 0 Å². The second-order valence-corrected chi connectivity index (χ2v) is 7.43. The molecule has 4 N–H and O–H groups in total. The number of nitrogens with one attached hydrogen (secondary N) is 2. The summed E-state index contributed by atoms with van der Waals surface area (Å²) in [6, 6.07) is 7.27. The highest BCUT2D eigenvalue weighted by molar-refractivity contribution is 6.03. The Bertz CT molecular complexity index is 1020. The van der Waals surface area contributed by atoms with Gasteiger partial charge in [0.2, 0.25) is 5.91 Å². The van der Waals surface area contributed by atoms with E-state index in [9.17, 15) is 9.59 Å². The zero-order valence-electron chi connectivity index (χ0n) is 16.1. The monoisotopic (exact) mass is 369 g/mol. The molecular weight excluding hydrogens is 342 g/mol. The first kappa shape index (κ1) is 19.1. The summed E-state index contributed by atoms with van der Waals surface area (Å²) in [7, 11) is 0. The third kappa shape index (κ3) is 3.88. The Hall–Kier alpha value is -2.67. The molecule has 1 aromatic carbocycles. The number of pyridine rings is 1. The molecular formula is C20H27N5O2. The van der Waals surface area contributed by atoms with Crippen LogP contribution in [0.1, 0.15) is 32.4 Å². The van der Waals surface area contributed by atoms with Crippen molar-refractivity contribution in [2.75, 3.05) is 6.54 Å². The second-order valence-electron chi connectivity index (χ2n) is 7.43. The maximum Gasteiger partial charge on any atom is 0.262 e. The molecule has 3 rings (SSSR count). The van der Waals surface area contributed by atoms with Gasteiger partial charge in [0.05, 0.1) is 16.9 Å². The third-order valence-corrected chi connectivity index (χ3v) is 4.78. The van der Waals surface area contributed by atoms with E-state index in [0.717, 1.165) is 16.6 Å². The fourth-order valence-corrected chi connectivity index (χ4v) is 3.46. The lowest BCUT2D eigenvalue weighted by Gasteiger charge is -2.15. The summed E-state index contributed by atoms with van der Waals surface area (Å²) in [4.78, 5) is 25.0. The number of aryl methyl sites for hydroxylation is 2. The van der Waals surface area contributed by atoms with Gasteiger partial charge in [-0.25, -0.2) is 0 Å². The SMILES string of the molecule is Cc1[nH]nc2c1c(=O)n(CCCNC(=O)C(N)CC(C)C)c1ccccc21. The van der Waals surface area contributed by atoms with Crippen LogP contribution >= 0.6 is 0 Å². The molecule has 0 spiro atoms. The fourth-order valence-electron chi connectivity index (χ4n) is 3.46. The van der Waals surface area contributed by atoms with Gasteiger partial charge in [-0.1, -0.05) is 32.0 Å². The average Bonchev–Trinajstić information content (AvgIpc) is 3.02. The van der Waals surface area contributed by atoms with Crippen LogP contribution in [0.25, 0.3) is 21.8 Å². The first-order chi connectivity index (χ1) is 12.9. The van der Waals surface area contributed by atoms with Gasteiger partial charge in [0, 0.05) is 24.2 Å². The first-order valence-corrected chi connectivity index (χ1v) is 9.39. The normalized spacial score (nSPS) is 12.8. The van der Waals surface area contributed by atoms with E-state index in [0.29, 0.717) is 42.8 Å². The number of benzene rings is 1. The van der Waals surface area contributed by atoms with Crippen molar-refractivity contribution >= 4 is 27.7 Å². The quantitative estimate of drug-likeness (QED) is 0.554. The Labute approximate surface area is 157 Å². The van der Waals surface area contributed by atoms with Crippen molar-refractivity contribution in [2.45, 2.75) is 46.2 Å². The molecule has 1 amide bonds. The van der Waals surface area contributed by atoms with Crippen molar-refractivity contribution in [3.8, 4) is 0 Å². The molecule has 0 aliphatic carbocycles. The number of carbonyl (C=O) groups excluding carboxylic acids is 1. The van der Waals surface area contributed by atoms with E-state index < -0.39 is 6.04 Å². The topological polar surface area (TPSA) is 106 Å². The summed E-state index contributed by atoms with van der Waals surface area (Å²) in [6.45, 7) is 6.93. The lowest BCUT2D eigenvalue weighted by atomic mass is 10.0. The lowest BCUT2D eigenvalue weighted by Crippen LogP contribution is -2.42. The number of carbonyl (C=O) groups is 1. The van der Waals surface area contributed by atoms with Crippen LogP contribution < -0.4 is 16.6 Å². The highest BCUT2D eigenvalue weighted by Gasteiger charge is 2.16. The van der Waals surface area contributed by atoms with Gasteiger partial charge in [-0.2, -0.15) is 5.10 Å². The number of aromatic nitrogens is 3. The van der Waals surface area contributed by atoms with Crippen molar-refractivity contribution < 1.29 is 4.79 Å². The Balaban J connectivity index is 1.77. The smallest absolute Gasteiger partial charge is 0.262 e. The summed E-state index contributed by atoms with van der Waals surface area (Å²) < 4.78 is 1.76. The van der Waals surface area contributed by atoms with Crippen LogP contribution in [-0.4, -0.2) is 33.3 Å². The van der Waals surface area contributed by atoms with Gasteiger partial charge >= 0.3 is 0 Å². The number of para-hydroxylation sites is 1. The van der Waals surface area contributed by atoms with E-state index in [1.54, 1.807) is 4.57 Å². The molecule has 1 unspecified atom stereocenters. The molecule has 0 fully saturated rings. The van der Waals surface area contributed by atoms with E-state index >= 15 is 0 Å². The van der Waals surface area contributed by atoms with Gasteiger partial charge in [0.25, 0.3) is 5.56 Å².